The van der Waals surface area contributed by atoms with Crippen LogP contribution in [0.2, 0.25) is 0 Å². The Kier molecular flexibility index (Phi) is 7.84. The molecule has 7 nitrogen and oxygen atoms in total. The number of methoxy groups -OCH3 is 1. The summed E-state index contributed by atoms with van der Waals surface area (Å²) < 4.78 is 33.6. The standard InChI is InChI=1S/C31H29F2N5O2/c1-18-11-26-28(38-31(18)40-2)22(17-37-26)8-10-35-27(14-19-12-23(32)16-24(33)13-19)29-25(7-4-9-36-29)20-5-3-6-21(15-20)30(34)39/h3-7,9,11-13,15-17,27,35,37H,8,10,14H2,1-2H3,(H2,34,39). The number of benzene rings is 2. The Bertz CT molecular complexity index is 1660. The SMILES string of the molecule is COc1nc2c(CCNC(Cc3cc(F)cc(F)c3)c3ncccc3-c3cccc(C(N)=O)c3)c[nH]c2cc1C. The van der Waals surface area contributed by atoms with Crippen molar-refractivity contribution in [2.24, 2.45) is 5.73 Å². The molecule has 3 heterocycles. The van der Waals surface area contributed by atoms with Gasteiger partial charge in [0.15, 0.2) is 0 Å². The molecule has 0 saturated heterocycles. The van der Waals surface area contributed by atoms with Crippen molar-refractivity contribution in [1.82, 2.24) is 20.3 Å². The van der Waals surface area contributed by atoms with Crippen molar-refractivity contribution in [2.45, 2.75) is 25.8 Å². The molecular weight excluding hydrogens is 512 g/mol. The third-order valence-corrected chi connectivity index (χ3v) is 6.84. The van der Waals surface area contributed by atoms with E-state index in [0.717, 1.165) is 39.4 Å². The molecule has 1 unspecified atom stereocenters. The number of aryl methyl sites for hydroxylation is 1. The molecule has 3 aromatic heterocycles. The molecule has 0 bridgehead atoms. The van der Waals surface area contributed by atoms with Gasteiger partial charge in [-0.1, -0.05) is 18.2 Å². The summed E-state index contributed by atoms with van der Waals surface area (Å²) in [6.45, 7) is 2.47. The van der Waals surface area contributed by atoms with Crippen LogP contribution in [0.15, 0.2) is 73.1 Å². The first-order valence-electron chi connectivity index (χ1n) is 12.9. The van der Waals surface area contributed by atoms with Crippen molar-refractivity contribution < 1.29 is 18.3 Å². The first-order valence-corrected chi connectivity index (χ1v) is 12.9. The molecule has 40 heavy (non-hydrogen) atoms. The summed E-state index contributed by atoms with van der Waals surface area (Å²) in [7, 11) is 1.60. The van der Waals surface area contributed by atoms with E-state index in [0.29, 0.717) is 35.7 Å². The molecule has 5 aromatic rings. The van der Waals surface area contributed by atoms with Crippen LogP contribution < -0.4 is 15.8 Å². The smallest absolute Gasteiger partial charge is 0.248 e. The van der Waals surface area contributed by atoms with Crippen LogP contribution in [0.1, 0.15) is 38.8 Å². The van der Waals surface area contributed by atoms with Gasteiger partial charge in [0.05, 0.1) is 29.9 Å². The highest BCUT2D eigenvalue weighted by atomic mass is 19.1. The molecular formula is C31H29F2N5O2. The Balaban J connectivity index is 1.47. The Morgan fingerprint density at radius 2 is 1.90 bits per heavy atom. The maximum Gasteiger partial charge on any atom is 0.248 e. The van der Waals surface area contributed by atoms with Gasteiger partial charge in [0, 0.05) is 35.2 Å². The Hall–Kier alpha value is -4.63. The van der Waals surface area contributed by atoms with Crippen molar-refractivity contribution >= 4 is 16.9 Å². The number of aromatic nitrogens is 3. The number of rotatable bonds is 10. The zero-order valence-electron chi connectivity index (χ0n) is 22.2. The van der Waals surface area contributed by atoms with E-state index < -0.39 is 23.6 Å². The fraction of sp³-hybridized carbons (Fsp3) is 0.194. The molecule has 204 valence electrons. The van der Waals surface area contributed by atoms with Crippen LogP contribution in [0, 0.1) is 18.6 Å². The number of ether oxygens (including phenoxy) is 1. The van der Waals surface area contributed by atoms with E-state index in [4.69, 9.17) is 10.5 Å². The van der Waals surface area contributed by atoms with Crippen molar-refractivity contribution in [3.63, 3.8) is 0 Å². The fourth-order valence-electron chi connectivity index (χ4n) is 4.97. The van der Waals surface area contributed by atoms with Gasteiger partial charge in [-0.25, -0.2) is 13.8 Å². The Morgan fingerprint density at radius 1 is 1.10 bits per heavy atom. The molecule has 1 atom stereocenters. The number of pyridine rings is 2. The lowest BCUT2D eigenvalue weighted by atomic mass is 9.94. The van der Waals surface area contributed by atoms with Crippen molar-refractivity contribution in [3.05, 3.63) is 113 Å². The molecule has 9 heteroatoms. The molecule has 0 fully saturated rings. The van der Waals surface area contributed by atoms with E-state index >= 15 is 0 Å². The number of hydrogen-bond donors (Lipinski definition) is 3. The molecule has 1 amide bonds. The molecule has 0 saturated carbocycles. The van der Waals surface area contributed by atoms with E-state index in [2.05, 4.69) is 20.3 Å². The highest BCUT2D eigenvalue weighted by molar-refractivity contribution is 5.94. The van der Waals surface area contributed by atoms with Crippen molar-refractivity contribution in [1.29, 1.82) is 0 Å². The minimum absolute atomic E-state index is 0.285. The number of halogens is 2. The van der Waals surface area contributed by atoms with E-state index in [1.807, 2.05) is 37.4 Å². The maximum atomic E-state index is 14.1. The highest BCUT2D eigenvalue weighted by Gasteiger charge is 2.20. The number of aromatic amines is 1. The number of carbonyl (C=O) groups is 1. The number of amides is 1. The van der Waals surface area contributed by atoms with Gasteiger partial charge in [-0.15, -0.1) is 0 Å². The normalized spacial score (nSPS) is 12.0. The second kappa shape index (κ2) is 11.6. The zero-order valence-corrected chi connectivity index (χ0v) is 22.2. The molecule has 0 aliphatic heterocycles. The molecule has 0 spiro atoms. The lowest BCUT2D eigenvalue weighted by Crippen LogP contribution is -2.27. The minimum atomic E-state index is -0.640. The van der Waals surface area contributed by atoms with Gasteiger partial charge >= 0.3 is 0 Å². The molecule has 2 aromatic carbocycles. The van der Waals surface area contributed by atoms with Gasteiger partial charge in [0.1, 0.15) is 11.6 Å². The number of fused-ring (bicyclic) bond motifs is 1. The van der Waals surface area contributed by atoms with Crippen LogP contribution in [0.3, 0.4) is 0 Å². The number of carbonyl (C=O) groups excluding carboxylic acids is 1. The molecule has 5 rings (SSSR count). The quantitative estimate of drug-likeness (QED) is 0.219. The van der Waals surface area contributed by atoms with Crippen LogP contribution >= 0.6 is 0 Å². The predicted octanol–water partition coefficient (Wildman–Crippen LogP) is 5.44. The van der Waals surface area contributed by atoms with Gasteiger partial charge < -0.3 is 20.8 Å². The minimum Gasteiger partial charge on any atom is -0.481 e. The number of nitrogens with two attached hydrogens (primary N) is 1. The number of nitrogens with one attached hydrogen (secondary N) is 2. The molecule has 0 aliphatic carbocycles. The average molecular weight is 542 g/mol. The summed E-state index contributed by atoms with van der Waals surface area (Å²) in [6.07, 6.45) is 4.52. The van der Waals surface area contributed by atoms with Crippen LogP contribution in [0.4, 0.5) is 8.78 Å². The van der Waals surface area contributed by atoms with E-state index in [9.17, 15) is 13.6 Å². The summed E-state index contributed by atoms with van der Waals surface area (Å²) in [5.74, 6) is -1.24. The fourth-order valence-corrected chi connectivity index (χ4v) is 4.97. The molecule has 4 N–H and O–H groups in total. The van der Waals surface area contributed by atoms with Gasteiger partial charge in [0.25, 0.3) is 0 Å². The Morgan fingerprint density at radius 3 is 2.65 bits per heavy atom. The number of H-pyrrole nitrogens is 1. The number of primary amides is 1. The summed E-state index contributed by atoms with van der Waals surface area (Å²) in [5, 5.41) is 3.54. The summed E-state index contributed by atoms with van der Waals surface area (Å²) >= 11 is 0. The van der Waals surface area contributed by atoms with Crippen LogP contribution in [-0.4, -0.2) is 34.5 Å². The van der Waals surface area contributed by atoms with Gasteiger partial charge in [-0.05, 0) is 79.4 Å². The van der Waals surface area contributed by atoms with Crippen LogP contribution in [0.25, 0.3) is 22.2 Å². The second-order valence-corrected chi connectivity index (χ2v) is 9.64. The molecule has 0 radical (unpaired) electrons. The average Bonchev–Trinajstić information content (AvgIpc) is 3.32. The van der Waals surface area contributed by atoms with Gasteiger partial charge in [0.2, 0.25) is 11.8 Å². The van der Waals surface area contributed by atoms with E-state index in [1.165, 1.54) is 12.1 Å². The maximum absolute atomic E-state index is 14.1. The van der Waals surface area contributed by atoms with Gasteiger partial charge in [-0.3, -0.25) is 9.78 Å². The highest BCUT2D eigenvalue weighted by Crippen LogP contribution is 2.30. The number of nitrogens with zero attached hydrogens (tertiary/aromatic N) is 2. The first kappa shape index (κ1) is 27.0. The zero-order chi connectivity index (χ0) is 28.2. The third kappa shape index (κ3) is 5.84. The second-order valence-electron chi connectivity index (χ2n) is 9.64. The largest absolute Gasteiger partial charge is 0.481 e. The molecule has 0 aliphatic rings. The lowest BCUT2D eigenvalue weighted by Gasteiger charge is -2.22. The van der Waals surface area contributed by atoms with Crippen molar-refractivity contribution in [3.8, 4) is 17.0 Å². The lowest BCUT2D eigenvalue weighted by molar-refractivity contribution is 0.100. The van der Waals surface area contributed by atoms with E-state index in [-0.39, 0.29) is 6.42 Å². The van der Waals surface area contributed by atoms with Crippen LogP contribution in [-0.2, 0) is 12.8 Å². The van der Waals surface area contributed by atoms with E-state index in [1.54, 1.807) is 31.5 Å². The van der Waals surface area contributed by atoms with Gasteiger partial charge in [-0.2, -0.15) is 0 Å². The third-order valence-electron chi connectivity index (χ3n) is 6.84. The topological polar surface area (TPSA) is 106 Å². The van der Waals surface area contributed by atoms with Crippen molar-refractivity contribution in [2.75, 3.05) is 13.7 Å². The number of hydrogen-bond acceptors (Lipinski definition) is 5. The predicted molar refractivity (Wildman–Crippen MR) is 150 cm³/mol. The van der Waals surface area contributed by atoms with Crippen LogP contribution in [0.5, 0.6) is 5.88 Å². The Labute approximate surface area is 230 Å². The summed E-state index contributed by atoms with van der Waals surface area (Å²) in [4.78, 5) is 24.4. The summed E-state index contributed by atoms with van der Waals surface area (Å²) in [5.41, 5.74) is 12.3. The monoisotopic (exact) mass is 541 g/mol. The first-order chi connectivity index (χ1) is 19.3. The summed E-state index contributed by atoms with van der Waals surface area (Å²) in [6, 6.07) is 15.8.